The van der Waals surface area contributed by atoms with Gasteiger partial charge in [-0.25, -0.2) is 4.68 Å². The van der Waals surface area contributed by atoms with E-state index in [1.54, 1.807) is 36.3 Å². The summed E-state index contributed by atoms with van der Waals surface area (Å²) in [7, 11) is 1.54. The molecule has 6 unspecified atom stereocenters. The van der Waals surface area contributed by atoms with Crippen molar-refractivity contribution in [1.82, 2.24) is 30.5 Å². The van der Waals surface area contributed by atoms with E-state index in [-0.39, 0.29) is 24.3 Å². The third kappa shape index (κ3) is 8.37. The number of aromatic nitrogens is 3. The minimum absolute atomic E-state index is 0.0506. The second kappa shape index (κ2) is 16.1. The predicted molar refractivity (Wildman–Crippen MR) is 162 cm³/mol. The normalized spacial score (nSPS) is 24.4. The van der Waals surface area contributed by atoms with Crippen molar-refractivity contribution in [1.29, 1.82) is 0 Å². The first-order valence-corrected chi connectivity index (χ1v) is 15.7. The molecule has 2 fully saturated rings. The number of amides is 3. The summed E-state index contributed by atoms with van der Waals surface area (Å²) < 4.78 is 12.4. The summed E-state index contributed by atoms with van der Waals surface area (Å²) in [6.45, 7) is 3.18. The fraction of sp³-hybridized carbons (Fsp3) is 0.645. The molecule has 1 aliphatic heterocycles. The molecule has 1 aliphatic carbocycles. The van der Waals surface area contributed by atoms with Crippen LogP contribution in [-0.4, -0.2) is 104 Å². The van der Waals surface area contributed by atoms with Gasteiger partial charge in [0.1, 0.15) is 41.8 Å². The monoisotopic (exact) mass is 630 g/mol. The van der Waals surface area contributed by atoms with Gasteiger partial charge in [0, 0.05) is 19.0 Å². The number of benzene rings is 1. The molecule has 2 aromatic rings. The van der Waals surface area contributed by atoms with E-state index < -0.39 is 49.1 Å². The van der Waals surface area contributed by atoms with Crippen LogP contribution in [0.15, 0.2) is 30.5 Å². The van der Waals surface area contributed by atoms with Gasteiger partial charge in [0.2, 0.25) is 11.8 Å². The molecule has 4 rings (SSSR count). The number of rotatable bonds is 13. The molecule has 1 aromatic heterocycles. The summed E-state index contributed by atoms with van der Waals surface area (Å²) in [5.74, 6) is -0.489. The van der Waals surface area contributed by atoms with Crippen LogP contribution in [0.1, 0.15) is 81.1 Å². The number of nitrogens with zero attached hydrogens (tertiary/aromatic N) is 4. The average Bonchev–Trinajstić information content (AvgIpc) is 3.51. The van der Waals surface area contributed by atoms with E-state index in [1.165, 1.54) is 17.8 Å². The number of carbonyl (C=O) groups is 3. The number of aliphatic hydroxyl groups is 3. The zero-order valence-corrected chi connectivity index (χ0v) is 26.2. The molecule has 2 aliphatic rings. The zero-order chi connectivity index (χ0) is 32.5. The average molecular weight is 631 g/mol. The van der Waals surface area contributed by atoms with Crippen LogP contribution in [0.4, 0.5) is 0 Å². The largest absolute Gasteiger partial charge is 0.497 e. The Hall–Kier alpha value is -3.59. The molecule has 0 bridgehead atoms. The zero-order valence-electron chi connectivity index (χ0n) is 26.2. The van der Waals surface area contributed by atoms with Crippen molar-refractivity contribution in [2.24, 2.45) is 5.92 Å². The number of hydrogen-bond donors (Lipinski definition) is 5. The van der Waals surface area contributed by atoms with Gasteiger partial charge in [0.15, 0.2) is 6.23 Å². The van der Waals surface area contributed by atoms with E-state index in [0.717, 1.165) is 44.9 Å². The Labute approximate surface area is 263 Å². The van der Waals surface area contributed by atoms with Crippen LogP contribution in [0.5, 0.6) is 5.75 Å². The summed E-state index contributed by atoms with van der Waals surface area (Å²) in [4.78, 5) is 41.5. The molecule has 3 amide bonds. The summed E-state index contributed by atoms with van der Waals surface area (Å²) in [5.41, 5.74) is 0.722. The van der Waals surface area contributed by atoms with E-state index >= 15 is 0 Å². The van der Waals surface area contributed by atoms with Gasteiger partial charge < -0.3 is 40.3 Å². The Balaban J connectivity index is 1.69. The quantitative estimate of drug-likeness (QED) is 0.199. The van der Waals surface area contributed by atoms with Crippen LogP contribution in [0, 0.1) is 5.92 Å². The van der Waals surface area contributed by atoms with Crippen molar-refractivity contribution in [3.63, 3.8) is 0 Å². The summed E-state index contributed by atoms with van der Waals surface area (Å²) >= 11 is 0. The standard InChI is InChI=1S/C31H46N6O8/c1-4-5-15-32-29(42)26(20-9-7-6-8-10-20)36(30(43)21-11-13-23(44-3)14-12-21)16-22-17-37(35-34-22)31-25(33-19(2)39)28(41)27(40)24(18-38)45-31/h11-14,17,20,24-28,31,38,40-41H,4-10,15-16,18H2,1-3H3,(H,32,42)(H,33,39). The molecule has 2 heterocycles. The van der Waals surface area contributed by atoms with E-state index in [9.17, 15) is 29.7 Å². The van der Waals surface area contributed by atoms with Crippen LogP contribution in [0.3, 0.4) is 0 Å². The number of ether oxygens (including phenoxy) is 2. The minimum atomic E-state index is -1.46. The van der Waals surface area contributed by atoms with Gasteiger partial charge in [-0.2, -0.15) is 0 Å². The maximum atomic E-state index is 14.2. The third-order valence-corrected chi connectivity index (χ3v) is 8.55. The Morgan fingerprint density at radius 1 is 1.13 bits per heavy atom. The number of methoxy groups -OCH3 is 1. The highest BCUT2D eigenvalue weighted by atomic mass is 16.5. The van der Waals surface area contributed by atoms with Crippen LogP contribution >= 0.6 is 0 Å². The summed E-state index contributed by atoms with van der Waals surface area (Å²) in [6.07, 6.45) is 2.69. The molecule has 0 spiro atoms. The summed E-state index contributed by atoms with van der Waals surface area (Å²) in [5, 5.41) is 45.0. The van der Waals surface area contributed by atoms with Gasteiger partial charge in [0.25, 0.3) is 5.91 Å². The first-order chi connectivity index (χ1) is 21.7. The molecule has 5 N–H and O–H groups in total. The van der Waals surface area contributed by atoms with Crippen molar-refractivity contribution in [3.8, 4) is 5.75 Å². The van der Waals surface area contributed by atoms with Crippen molar-refractivity contribution >= 4 is 17.7 Å². The lowest BCUT2D eigenvalue weighted by molar-refractivity contribution is -0.219. The number of nitrogens with one attached hydrogen (secondary N) is 2. The van der Waals surface area contributed by atoms with E-state index in [0.29, 0.717) is 23.6 Å². The van der Waals surface area contributed by atoms with E-state index in [2.05, 4.69) is 20.9 Å². The SMILES string of the molecule is CCCCNC(=O)C(C1CCCCC1)N(Cc1cn(C2OC(CO)C(O)C(O)C2NC(C)=O)nn1)C(=O)c1ccc(OC)cc1. The molecular weight excluding hydrogens is 584 g/mol. The Bertz CT molecular complexity index is 1270. The Morgan fingerprint density at radius 2 is 1.84 bits per heavy atom. The lowest BCUT2D eigenvalue weighted by atomic mass is 9.82. The fourth-order valence-electron chi connectivity index (χ4n) is 6.15. The topological polar surface area (TPSA) is 188 Å². The van der Waals surface area contributed by atoms with E-state index in [1.807, 2.05) is 6.92 Å². The lowest BCUT2D eigenvalue weighted by Crippen LogP contribution is -2.62. The highest BCUT2D eigenvalue weighted by Crippen LogP contribution is 2.32. The van der Waals surface area contributed by atoms with Gasteiger partial charge in [-0.15, -0.1) is 5.10 Å². The van der Waals surface area contributed by atoms with Gasteiger partial charge in [-0.05, 0) is 49.4 Å². The van der Waals surface area contributed by atoms with Crippen LogP contribution in [0.25, 0.3) is 0 Å². The first-order valence-electron chi connectivity index (χ1n) is 15.7. The molecule has 0 radical (unpaired) electrons. The number of unbranched alkanes of at least 4 members (excludes halogenated alkanes) is 1. The molecule has 45 heavy (non-hydrogen) atoms. The molecule has 1 saturated carbocycles. The Kier molecular flexibility index (Phi) is 12.3. The van der Waals surface area contributed by atoms with Crippen LogP contribution < -0.4 is 15.4 Å². The lowest BCUT2D eigenvalue weighted by Gasteiger charge is -2.42. The van der Waals surface area contributed by atoms with Crippen molar-refractivity contribution in [2.45, 2.75) is 102 Å². The second-order valence-electron chi connectivity index (χ2n) is 11.8. The summed E-state index contributed by atoms with van der Waals surface area (Å²) in [6, 6.07) is 4.85. The number of carbonyl (C=O) groups excluding carboxylic acids is 3. The number of aliphatic hydroxyl groups excluding tert-OH is 3. The molecule has 14 nitrogen and oxygen atoms in total. The fourth-order valence-corrected chi connectivity index (χ4v) is 6.15. The molecular formula is C31H46N6O8. The maximum Gasteiger partial charge on any atom is 0.254 e. The smallest absolute Gasteiger partial charge is 0.254 e. The molecule has 248 valence electrons. The van der Waals surface area contributed by atoms with Gasteiger partial charge in [-0.3, -0.25) is 14.4 Å². The van der Waals surface area contributed by atoms with Gasteiger partial charge >= 0.3 is 0 Å². The maximum absolute atomic E-state index is 14.2. The second-order valence-corrected chi connectivity index (χ2v) is 11.8. The highest BCUT2D eigenvalue weighted by molar-refractivity contribution is 5.97. The Morgan fingerprint density at radius 3 is 2.47 bits per heavy atom. The first kappa shape index (κ1) is 34.3. The van der Waals surface area contributed by atoms with Crippen molar-refractivity contribution in [2.75, 3.05) is 20.3 Å². The molecule has 1 aromatic carbocycles. The van der Waals surface area contributed by atoms with Gasteiger partial charge in [0.05, 0.1) is 26.5 Å². The highest BCUT2D eigenvalue weighted by Gasteiger charge is 2.46. The number of hydrogen-bond acceptors (Lipinski definition) is 10. The molecule has 6 atom stereocenters. The van der Waals surface area contributed by atoms with Crippen LogP contribution in [0.2, 0.25) is 0 Å². The van der Waals surface area contributed by atoms with Crippen molar-refractivity contribution in [3.05, 3.63) is 41.7 Å². The predicted octanol–water partition coefficient (Wildman–Crippen LogP) is 0.911. The van der Waals surface area contributed by atoms with Crippen molar-refractivity contribution < 1.29 is 39.2 Å². The minimum Gasteiger partial charge on any atom is -0.497 e. The molecule has 14 heteroatoms. The van der Waals surface area contributed by atoms with Gasteiger partial charge in [-0.1, -0.05) is 37.8 Å². The molecule has 1 saturated heterocycles. The van der Waals surface area contributed by atoms with Crippen LogP contribution in [-0.2, 0) is 20.9 Å². The third-order valence-electron chi connectivity index (χ3n) is 8.55. The van der Waals surface area contributed by atoms with E-state index in [4.69, 9.17) is 9.47 Å².